The van der Waals surface area contributed by atoms with Gasteiger partial charge >= 0.3 is 5.97 Å². The highest BCUT2D eigenvalue weighted by atomic mass is 16.5. The SMILES string of the molecule is C=CCC1COC[C@@H](CC(=O)OCC(C)C)C1=O. The molecule has 0 aromatic heterocycles. The minimum atomic E-state index is -0.358. The van der Waals surface area contributed by atoms with Crippen LogP contribution in [0.3, 0.4) is 0 Å². The fraction of sp³-hybridized carbons (Fsp3) is 0.714. The molecule has 1 aliphatic rings. The molecule has 102 valence electrons. The van der Waals surface area contributed by atoms with Gasteiger partial charge < -0.3 is 9.47 Å². The molecule has 0 spiro atoms. The Kier molecular flexibility index (Phi) is 6.05. The van der Waals surface area contributed by atoms with E-state index in [0.717, 1.165) is 0 Å². The van der Waals surface area contributed by atoms with Gasteiger partial charge in [0.25, 0.3) is 0 Å². The maximum atomic E-state index is 12.1. The molecule has 0 amide bonds. The molecule has 1 unspecified atom stereocenters. The van der Waals surface area contributed by atoms with Crippen molar-refractivity contribution in [2.45, 2.75) is 26.7 Å². The number of Topliss-reactive ketones (excluding diaryl/α,β-unsaturated/α-hetero) is 1. The third-order valence-electron chi connectivity index (χ3n) is 2.88. The van der Waals surface area contributed by atoms with Crippen LogP contribution in [0.5, 0.6) is 0 Å². The van der Waals surface area contributed by atoms with Crippen LogP contribution in [0.2, 0.25) is 0 Å². The zero-order chi connectivity index (χ0) is 13.5. The minimum Gasteiger partial charge on any atom is -0.465 e. The fourth-order valence-corrected chi connectivity index (χ4v) is 1.91. The van der Waals surface area contributed by atoms with E-state index in [1.54, 1.807) is 6.08 Å². The number of carbonyl (C=O) groups is 2. The number of hydrogen-bond acceptors (Lipinski definition) is 4. The molecule has 1 aliphatic heterocycles. The normalized spacial score (nSPS) is 24.1. The zero-order valence-corrected chi connectivity index (χ0v) is 11.2. The first kappa shape index (κ1) is 14.9. The molecule has 1 heterocycles. The molecule has 18 heavy (non-hydrogen) atoms. The lowest BCUT2D eigenvalue weighted by Crippen LogP contribution is -2.37. The van der Waals surface area contributed by atoms with Gasteiger partial charge in [-0.25, -0.2) is 0 Å². The summed E-state index contributed by atoms with van der Waals surface area (Å²) in [6, 6.07) is 0. The Morgan fingerprint density at radius 2 is 2.17 bits per heavy atom. The van der Waals surface area contributed by atoms with Crippen LogP contribution in [0.1, 0.15) is 26.7 Å². The van der Waals surface area contributed by atoms with E-state index >= 15 is 0 Å². The van der Waals surface area contributed by atoms with Gasteiger partial charge in [-0.3, -0.25) is 9.59 Å². The van der Waals surface area contributed by atoms with E-state index in [1.165, 1.54) is 0 Å². The summed E-state index contributed by atoms with van der Waals surface area (Å²) in [6.45, 7) is 8.73. The molecule has 0 saturated carbocycles. The smallest absolute Gasteiger partial charge is 0.306 e. The van der Waals surface area contributed by atoms with Crippen molar-refractivity contribution in [3.8, 4) is 0 Å². The van der Waals surface area contributed by atoms with Crippen LogP contribution >= 0.6 is 0 Å². The number of hydrogen-bond donors (Lipinski definition) is 0. The molecule has 2 atom stereocenters. The van der Waals surface area contributed by atoms with Crippen molar-refractivity contribution >= 4 is 11.8 Å². The first-order chi connectivity index (χ1) is 8.54. The van der Waals surface area contributed by atoms with E-state index in [9.17, 15) is 9.59 Å². The second kappa shape index (κ2) is 7.31. The Morgan fingerprint density at radius 1 is 1.50 bits per heavy atom. The van der Waals surface area contributed by atoms with E-state index in [0.29, 0.717) is 32.2 Å². The van der Waals surface area contributed by atoms with Crippen molar-refractivity contribution in [3.63, 3.8) is 0 Å². The van der Waals surface area contributed by atoms with E-state index in [2.05, 4.69) is 6.58 Å². The highest BCUT2D eigenvalue weighted by Gasteiger charge is 2.32. The Labute approximate surface area is 108 Å². The Morgan fingerprint density at radius 3 is 2.78 bits per heavy atom. The molecule has 0 aromatic carbocycles. The first-order valence-corrected chi connectivity index (χ1v) is 6.42. The summed E-state index contributed by atoms with van der Waals surface area (Å²) in [6.07, 6.45) is 2.45. The van der Waals surface area contributed by atoms with Gasteiger partial charge in [-0.05, 0) is 12.3 Å². The van der Waals surface area contributed by atoms with Gasteiger partial charge in [0.15, 0.2) is 0 Å². The Bertz CT molecular complexity index is 309. The minimum absolute atomic E-state index is 0.0997. The predicted octanol–water partition coefficient (Wildman–Crippen LogP) is 1.98. The number of carbonyl (C=O) groups excluding carboxylic acids is 2. The lowest BCUT2D eigenvalue weighted by molar-refractivity contribution is -0.152. The maximum Gasteiger partial charge on any atom is 0.306 e. The highest BCUT2D eigenvalue weighted by Crippen LogP contribution is 2.22. The second-order valence-electron chi connectivity index (χ2n) is 5.14. The van der Waals surface area contributed by atoms with Crippen LogP contribution in [-0.2, 0) is 19.1 Å². The molecule has 0 bridgehead atoms. The summed E-state index contributed by atoms with van der Waals surface area (Å²) >= 11 is 0. The van der Waals surface area contributed by atoms with Crippen LogP contribution in [0.25, 0.3) is 0 Å². The molecule has 1 saturated heterocycles. The highest BCUT2D eigenvalue weighted by molar-refractivity contribution is 5.88. The van der Waals surface area contributed by atoms with Gasteiger partial charge in [0, 0.05) is 5.92 Å². The summed E-state index contributed by atoms with van der Waals surface area (Å²) in [4.78, 5) is 23.6. The van der Waals surface area contributed by atoms with E-state index < -0.39 is 0 Å². The molecular formula is C14H22O4. The maximum absolute atomic E-state index is 12.1. The molecule has 0 radical (unpaired) electrons. The van der Waals surface area contributed by atoms with Gasteiger partial charge in [-0.1, -0.05) is 19.9 Å². The van der Waals surface area contributed by atoms with Gasteiger partial charge in [-0.2, -0.15) is 0 Å². The lowest BCUT2D eigenvalue weighted by atomic mass is 9.87. The monoisotopic (exact) mass is 254 g/mol. The first-order valence-electron chi connectivity index (χ1n) is 6.42. The molecule has 0 N–H and O–H groups in total. The summed E-state index contributed by atoms with van der Waals surface area (Å²) in [7, 11) is 0. The van der Waals surface area contributed by atoms with Crippen molar-refractivity contribution in [1.29, 1.82) is 0 Å². The van der Waals surface area contributed by atoms with Gasteiger partial charge in [0.2, 0.25) is 0 Å². The summed E-state index contributed by atoms with van der Waals surface area (Å²) in [5, 5.41) is 0. The molecule has 0 aromatic rings. The standard InChI is InChI=1S/C14H22O4/c1-4-5-11-8-17-9-12(14(11)16)6-13(15)18-7-10(2)3/h4,10-12H,1,5-9H2,2-3H3/t11?,12-/m1/s1. The molecule has 0 aliphatic carbocycles. The van der Waals surface area contributed by atoms with Crippen LogP contribution in [0.4, 0.5) is 0 Å². The fourth-order valence-electron chi connectivity index (χ4n) is 1.91. The number of allylic oxidation sites excluding steroid dienone is 1. The number of ketones is 1. The molecule has 4 heteroatoms. The zero-order valence-electron chi connectivity index (χ0n) is 11.2. The topological polar surface area (TPSA) is 52.6 Å². The quantitative estimate of drug-likeness (QED) is 0.537. The Hall–Kier alpha value is -1.16. The summed E-state index contributed by atoms with van der Waals surface area (Å²) in [5.41, 5.74) is 0. The second-order valence-corrected chi connectivity index (χ2v) is 5.14. The van der Waals surface area contributed by atoms with Gasteiger partial charge in [0.05, 0.1) is 32.2 Å². The molecule has 4 nitrogen and oxygen atoms in total. The van der Waals surface area contributed by atoms with Crippen LogP contribution in [0.15, 0.2) is 12.7 Å². The summed E-state index contributed by atoms with van der Waals surface area (Å²) in [5.74, 6) is -0.421. The Balaban J connectivity index is 2.43. The third kappa shape index (κ3) is 4.61. The van der Waals surface area contributed by atoms with Crippen molar-refractivity contribution in [2.75, 3.05) is 19.8 Å². The third-order valence-corrected chi connectivity index (χ3v) is 2.88. The molecule has 1 rings (SSSR count). The number of rotatable bonds is 6. The average molecular weight is 254 g/mol. The number of ether oxygens (including phenoxy) is 2. The van der Waals surface area contributed by atoms with Gasteiger partial charge in [-0.15, -0.1) is 6.58 Å². The average Bonchev–Trinajstić information content (AvgIpc) is 2.32. The molecule has 1 fully saturated rings. The lowest BCUT2D eigenvalue weighted by Gasteiger charge is -2.26. The largest absolute Gasteiger partial charge is 0.465 e. The van der Waals surface area contributed by atoms with E-state index in [1.807, 2.05) is 13.8 Å². The summed E-state index contributed by atoms with van der Waals surface area (Å²) < 4.78 is 10.5. The van der Waals surface area contributed by atoms with Crippen molar-refractivity contribution < 1.29 is 19.1 Å². The van der Waals surface area contributed by atoms with Crippen LogP contribution in [0, 0.1) is 17.8 Å². The van der Waals surface area contributed by atoms with Crippen LogP contribution < -0.4 is 0 Å². The van der Waals surface area contributed by atoms with Crippen molar-refractivity contribution in [2.24, 2.45) is 17.8 Å². The van der Waals surface area contributed by atoms with E-state index in [4.69, 9.17) is 9.47 Å². The van der Waals surface area contributed by atoms with Crippen molar-refractivity contribution in [3.05, 3.63) is 12.7 Å². The van der Waals surface area contributed by atoms with Gasteiger partial charge in [0.1, 0.15) is 5.78 Å². The van der Waals surface area contributed by atoms with E-state index in [-0.39, 0.29) is 30.0 Å². The number of esters is 1. The predicted molar refractivity (Wildman–Crippen MR) is 68.0 cm³/mol. The van der Waals surface area contributed by atoms with Crippen molar-refractivity contribution in [1.82, 2.24) is 0 Å². The molecular weight excluding hydrogens is 232 g/mol. The van der Waals surface area contributed by atoms with Crippen LogP contribution in [-0.4, -0.2) is 31.6 Å².